The Morgan fingerprint density at radius 2 is 2.19 bits per heavy atom. The zero-order valence-corrected chi connectivity index (χ0v) is 12.8. The van der Waals surface area contributed by atoms with Crippen LogP contribution in [0.15, 0.2) is 30.3 Å². The molecule has 3 atom stereocenters. The lowest BCUT2D eigenvalue weighted by Gasteiger charge is -2.40. The summed E-state index contributed by atoms with van der Waals surface area (Å²) >= 11 is 0. The van der Waals surface area contributed by atoms with E-state index in [2.05, 4.69) is 12.2 Å². The number of aliphatic hydroxyl groups excluding tert-OH is 1. The largest absolute Gasteiger partial charge is 0.394 e. The minimum atomic E-state index is -0.633. The smallest absolute Gasteiger partial charge is 0.254 e. The maximum atomic E-state index is 12.6. The predicted molar refractivity (Wildman–Crippen MR) is 81.8 cm³/mol. The van der Waals surface area contributed by atoms with Crippen LogP contribution >= 0.6 is 0 Å². The van der Waals surface area contributed by atoms with Crippen molar-refractivity contribution in [3.05, 3.63) is 35.9 Å². The summed E-state index contributed by atoms with van der Waals surface area (Å²) in [6, 6.07) is 9.44. The third kappa shape index (κ3) is 3.83. The molecule has 0 bridgehead atoms. The molecule has 0 aromatic heterocycles. The van der Waals surface area contributed by atoms with Crippen LogP contribution in [0.5, 0.6) is 0 Å². The molecule has 116 valence electrons. The summed E-state index contributed by atoms with van der Waals surface area (Å²) < 4.78 is 5.36. The molecule has 1 aliphatic rings. The molecule has 1 amide bonds. The minimum absolute atomic E-state index is 0.0195. The fourth-order valence-electron chi connectivity index (χ4n) is 3.31. The Hall–Kier alpha value is -1.39. The van der Waals surface area contributed by atoms with Gasteiger partial charge in [0.05, 0.1) is 12.1 Å². The van der Waals surface area contributed by atoms with Crippen molar-refractivity contribution < 1.29 is 14.6 Å². The quantitative estimate of drug-likeness (QED) is 0.876. The molecule has 4 nitrogen and oxygen atoms in total. The highest BCUT2D eigenvalue weighted by atomic mass is 16.5. The number of ether oxygens (including phenoxy) is 1. The Morgan fingerprint density at radius 3 is 2.76 bits per heavy atom. The van der Waals surface area contributed by atoms with Gasteiger partial charge in [0.25, 0.3) is 5.91 Å². The lowest BCUT2D eigenvalue weighted by atomic mass is 9.76. The molecule has 0 spiro atoms. The Morgan fingerprint density at radius 1 is 1.48 bits per heavy atom. The number of methoxy groups -OCH3 is 1. The number of hydrogen-bond acceptors (Lipinski definition) is 3. The Balaban J connectivity index is 2.11. The van der Waals surface area contributed by atoms with Crippen LogP contribution in [0.4, 0.5) is 0 Å². The van der Waals surface area contributed by atoms with Gasteiger partial charge >= 0.3 is 0 Å². The molecule has 0 saturated heterocycles. The van der Waals surface area contributed by atoms with E-state index in [1.54, 1.807) is 0 Å². The van der Waals surface area contributed by atoms with E-state index in [0.717, 1.165) is 31.2 Å². The van der Waals surface area contributed by atoms with Gasteiger partial charge in [-0.15, -0.1) is 0 Å². The molecule has 0 heterocycles. The summed E-state index contributed by atoms with van der Waals surface area (Å²) in [6.45, 7) is 2.15. The second-order valence-electron chi connectivity index (χ2n) is 6.16. The zero-order chi connectivity index (χ0) is 15.3. The van der Waals surface area contributed by atoms with Gasteiger partial charge in [-0.3, -0.25) is 4.79 Å². The lowest BCUT2D eigenvalue weighted by Crippen LogP contribution is -2.55. The first-order valence-electron chi connectivity index (χ1n) is 7.61. The molecule has 4 heteroatoms. The van der Waals surface area contributed by atoms with Gasteiger partial charge in [0.2, 0.25) is 0 Å². The van der Waals surface area contributed by atoms with E-state index < -0.39 is 11.6 Å². The molecular weight excluding hydrogens is 266 g/mol. The van der Waals surface area contributed by atoms with Crippen molar-refractivity contribution in [1.29, 1.82) is 0 Å². The van der Waals surface area contributed by atoms with Crippen molar-refractivity contribution in [3.8, 4) is 0 Å². The van der Waals surface area contributed by atoms with Gasteiger partial charge in [0.1, 0.15) is 0 Å². The van der Waals surface area contributed by atoms with E-state index in [0.29, 0.717) is 5.92 Å². The van der Waals surface area contributed by atoms with Crippen LogP contribution in [-0.2, 0) is 9.53 Å². The summed E-state index contributed by atoms with van der Waals surface area (Å²) in [7, 11) is 1.53. The number of amides is 1. The first-order chi connectivity index (χ1) is 10.1. The summed E-state index contributed by atoms with van der Waals surface area (Å²) in [5.41, 5.74) is 0.329. The van der Waals surface area contributed by atoms with E-state index in [1.807, 2.05) is 30.3 Å². The average Bonchev–Trinajstić information content (AvgIpc) is 2.49. The van der Waals surface area contributed by atoms with Crippen LogP contribution in [0.3, 0.4) is 0 Å². The van der Waals surface area contributed by atoms with E-state index in [9.17, 15) is 9.90 Å². The van der Waals surface area contributed by atoms with Crippen molar-refractivity contribution in [1.82, 2.24) is 5.32 Å². The highest BCUT2D eigenvalue weighted by Crippen LogP contribution is 2.32. The number of benzene rings is 1. The van der Waals surface area contributed by atoms with E-state index in [1.165, 1.54) is 7.11 Å². The van der Waals surface area contributed by atoms with Crippen molar-refractivity contribution in [2.45, 2.75) is 44.2 Å². The molecule has 3 unspecified atom stereocenters. The van der Waals surface area contributed by atoms with Crippen LogP contribution in [0.2, 0.25) is 0 Å². The SMILES string of the molecule is COC(C(=O)NC1(CO)CCCC(C)C1)c1ccccc1. The molecule has 0 aliphatic heterocycles. The number of hydrogen-bond donors (Lipinski definition) is 2. The molecule has 1 saturated carbocycles. The Kier molecular flexibility index (Phi) is 5.37. The van der Waals surface area contributed by atoms with Crippen LogP contribution in [0.1, 0.15) is 44.3 Å². The molecule has 0 radical (unpaired) electrons. The second-order valence-corrected chi connectivity index (χ2v) is 6.16. The van der Waals surface area contributed by atoms with Gasteiger partial charge < -0.3 is 15.2 Å². The molecular formula is C17H25NO3. The number of aliphatic hydroxyl groups is 1. The fourth-order valence-corrected chi connectivity index (χ4v) is 3.31. The monoisotopic (exact) mass is 291 g/mol. The van der Waals surface area contributed by atoms with Gasteiger partial charge in [0.15, 0.2) is 6.10 Å². The number of nitrogens with one attached hydrogen (secondary N) is 1. The molecule has 1 aliphatic carbocycles. The van der Waals surface area contributed by atoms with Crippen molar-refractivity contribution in [2.75, 3.05) is 13.7 Å². The summed E-state index contributed by atoms with van der Waals surface area (Å²) in [5, 5.41) is 12.8. The van der Waals surface area contributed by atoms with Gasteiger partial charge in [-0.25, -0.2) is 0 Å². The third-order valence-electron chi connectivity index (χ3n) is 4.36. The minimum Gasteiger partial charge on any atom is -0.394 e. The highest BCUT2D eigenvalue weighted by Gasteiger charge is 2.37. The lowest BCUT2D eigenvalue weighted by molar-refractivity contribution is -0.135. The summed E-state index contributed by atoms with van der Waals surface area (Å²) in [5.74, 6) is 0.343. The van der Waals surface area contributed by atoms with Crippen molar-refractivity contribution in [2.24, 2.45) is 5.92 Å². The zero-order valence-electron chi connectivity index (χ0n) is 12.8. The third-order valence-corrected chi connectivity index (χ3v) is 4.36. The maximum absolute atomic E-state index is 12.6. The second kappa shape index (κ2) is 7.05. The van der Waals surface area contributed by atoms with Crippen molar-refractivity contribution >= 4 is 5.91 Å². The van der Waals surface area contributed by atoms with Gasteiger partial charge in [-0.1, -0.05) is 50.1 Å². The van der Waals surface area contributed by atoms with Crippen LogP contribution < -0.4 is 5.32 Å². The molecule has 1 fully saturated rings. The number of carbonyl (C=O) groups excluding carboxylic acids is 1. The first kappa shape index (κ1) is 16.0. The van der Waals surface area contributed by atoms with Crippen LogP contribution in [0, 0.1) is 5.92 Å². The average molecular weight is 291 g/mol. The highest BCUT2D eigenvalue weighted by molar-refractivity contribution is 5.83. The Bertz CT molecular complexity index is 462. The molecule has 2 rings (SSSR count). The van der Waals surface area contributed by atoms with E-state index >= 15 is 0 Å². The number of rotatable bonds is 5. The molecule has 2 N–H and O–H groups in total. The van der Waals surface area contributed by atoms with Gasteiger partial charge in [-0.05, 0) is 24.3 Å². The maximum Gasteiger partial charge on any atom is 0.254 e. The summed E-state index contributed by atoms with van der Waals surface area (Å²) in [6.07, 6.45) is 3.20. The Labute approximate surface area is 126 Å². The van der Waals surface area contributed by atoms with Gasteiger partial charge in [0, 0.05) is 7.11 Å². The van der Waals surface area contributed by atoms with Crippen LogP contribution in [0.25, 0.3) is 0 Å². The van der Waals surface area contributed by atoms with E-state index in [4.69, 9.17) is 4.74 Å². The topological polar surface area (TPSA) is 58.6 Å². The fraction of sp³-hybridized carbons (Fsp3) is 0.588. The standard InChI is InChI=1S/C17H25NO3/c1-13-7-6-10-17(11-13,12-19)18-16(20)15(21-2)14-8-4-3-5-9-14/h3-5,8-9,13,15,19H,6-7,10-12H2,1-2H3,(H,18,20). The molecule has 21 heavy (non-hydrogen) atoms. The van der Waals surface area contributed by atoms with Crippen LogP contribution in [-0.4, -0.2) is 30.3 Å². The normalized spacial score (nSPS) is 27.1. The molecule has 1 aromatic rings. The van der Waals surface area contributed by atoms with E-state index in [-0.39, 0.29) is 12.5 Å². The first-order valence-corrected chi connectivity index (χ1v) is 7.61. The summed E-state index contributed by atoms with van der Waals surface area (Å²) in [4.78, 5) is 12.6. The van der Waals surface area contributed by atoms with Gasteiger partial charge in [-0.2, -0.15) is 0 Å². The molecule has 1 aromatic carbocycles. The predicted octanol–water partition coefficient (Wildman–Crippen LogP) is 2.43. The number of carbonyl (C=O) groups is 1. The van der Waals surface area contributed by atoms with Crippen molar-refractivity contribution in [3.63, 3.8) is 0 Å².